The van der Waals surface area contributed by atoms with E-state index in [2.05, 4.69) is 40.7 Å². The van der Waals surface area contributed by atoms with Gasteiger partial charge in [-0.1, -0.05) is 15.9 Å². The van der Waals surface area contributed by atoms with Crippen molar-refractivity contribution in [2.45, 2.75) is 4.90 Å². The largest absolute Gasteiger partial charge is 0.168 e. The second-order valence-electron chi connectivity index (χ2n) is 1.73. The molecule has 0 atom stereocenters. The third-order valence-electron chi connectivity index (χ3n) is 1.04. The van der Waals surface area contributed by atoms with Crippen LogP contribution in [-0.4, -0.2) is 5.08 Å². The molecule has 0 spiro atoms. The van der Waals surface area contributed by atoms with Crippen LogP contribution in [-0.2, 0) is 0 Å². The molecule has 0 aliphatic rings. The second kappa shape index (κ2) is 4.31. The Morgan fingerprint density at radius 2 is 1.90 bits per heavy atom. The first-order chi connectivity index (χ1) is 4.83. The lowest BCUT2D eigenvalue weighted by atomic mass is 10.4. The number of hydrogen-bond donors (Lipinski definition) is 1. The number of thioether (sulfide) groups is 1. The topological polar surface area (TPSA) is 0 Å². The van der Waals surface area contributed by atoms with Crippen LogP contribution in [0.1, 0.15) is 0 Å². The molecule has 0 N–H and O–H groups in total. The molecular formula is C7H7BrS2. The normalized spacial score (nSPS) is 9.80. The zero-order valence-corrected chi connectivity index (χ0v) is 8.55. The minimum absolute atomic E-state index is 0.835. The lowest BCUT2D eigenvalue weighted by Crippen LogP contribution is -1.69. The summed E-state index contributed by atoms with van der Waals surface area (Å²) in [6, 6.07) is 8.22. The summed E-state index contributed by atoms with van der Waals surface area (Å²) < 4.78 is 1.12. The maximum absolute atomic E-state index is 4.11. The van der Waals surface area contributed by atoms with Crippen LogP contribution in [0.3, 0.4) is 0 Å². The van der Waals surface area contributed by atoms with Crippen LogP contribution in [0.25, 0.3) is 0 Å². The van der Waals surface area contributed by atoms with Gasteiger partial charge in [0.2, 0.25) is 0 Å². The van der Waals surface area contributed by atoms with E-state index >= 15 is 0 Å². The van der Waals surface area contributed by atoms with E-state index in [0.717, 1.165) is 9.56 Å². The van der Waals surface area contributed by atoms with Gasteiger partial charge in [-0.2, -0.15) is 12.6 Å². The van der Waals surface area contributed by atoms with E-state index in [1.54, 1.807) is 11.8 Å². The highest BCUT2D eigenvalue weighted by molar-refractivity contribution is 9.10. The highest BCUT2D eigenvalue weighted by atomic mass is 79.9. The monoisotopic (exact) mass is 234 g/mol. The van der Waals surface area contributed by atoms with Crippen molar-refractivity contribution >= 4 is 40.3 Å². The first kappa shape index (κ1) is 8.50. The van der Waals surface area contributed by atoms with Gasteiger partial charge in [0.25, 0.3) is 0 Å². The Labute approximate surface area is 78.9 Å². The second-order valence-corrected chi connectivity index (χ2v) is 4.44. The van der Waals surface area contributed by atoms with E-state index < -0.39 is 0 Å². The summed E-state index contributed by atoms with van der Waals surface area (Å²) >= 11 is 9.20. The fourth-order valence-electron chi connectivity index (χ4n) is 0.605. The minimum Gasteiger partial charge on any atom is -0.168 e. The summed E-state index contributed by atoms with van der Waals surface area (Å²) in [5.74, 6) is 0. The Morgan fingerprint density at radius 1 is 1.30 bits per heavy atom. The lowest BCUT2D eigenvalue weighted by Gasteiger charge is -1.95. The van der Waals surface area contributed by atoms with Gasteiger partial charge in [-0.3, -0.25) is 0 Å². The Kier molecular flexibility index (Phi) is 3.66. The molecule has 0 aliphatic carbocycles. The van der Waals surface area contributed by atoms with Crippen molar-refractivity contribution in [3.63, 3.8) is 0 Å². The Morgan fingerprint density at radius 3 is 2.40 bits per heavy atom. The molecule has 0 saturated heterocycles. The molecule has 0 heterocycles. The predicted molar refractivity (Wildman–Crippen MR) is 53.9 cm³/mol. The van der Waals surface area contributed by atoms with Gasteiger partial charge in [0, 0.05) is 14.5 Å². The molecule has 54 valence electrons. The zero-order chi connectivity index (χ0) is 7.40. The van der Waals surface area contributed by atoms with Crippen LogP contribution in [0.15, 0.2) is 33.6 Å². The molecule has 0 radical (unpaired) electrons. The molecular weight excluding hydrogens is 228 g/mol. The highest BCUT2D eigenvalue weighted by Gasteiger charge is 1.89. The SMILES string of the molecule is SCSc1ccc(Br)cc1. The van der Waals surface area contributed by atoms with Crippen LogP contribution in [0, 0.1) is 0 Å². The minimum atomic E-state index is 0.835. The van der Waals surface area contributed by atoms with E-state index in [4.69, 9.17) is 0 Å². The van der Waals surface area contributed by atoms with Crippen molar-refractivity contribution in [2.24, 2.45) is 0 Å². The zero-order valence-electron chi connectivity index (χ0n) is 5.25. The fraction of sp³-hybridized carbons (Fsp3) is 0.143. The summed E-state index contributed by atoms with van der Waals surface area (Å²) in [5.41, 5.74) is 0. The van der Waals surface area contributed by atoms with Crippen molar-refractivity contribution in [3.8, 4) is 0 Å². The molecule has 0 bridgehead atoms. The summed E-state index contributed by atoms with van der Waals surface area (Å²) in [5, 5.41) is 0.835. The van der Waals surface area contributed by atoms with Crippen LogP contribution in [0.4, 0.5) is 0 Å². The average Bonchev–Trinajstić information content (AvgIpc) is 1.95. The molecule has 0 amide bonds. The third kappa shape index (κ3) is 2.56. The summed E-state index contributed by atoms with van der Waals surface area (Å²) in [7, 11) is 0. The Balaban J connectivity index is 2.69. The van der Waals surface area contributed by atoms with E-state index in [0.29, 0.717) is 0 Å². The average molecular weight is 235 g/mol. The fourth-order valence-corrected chi connectivity index (χ4v) is 1.79. The molecule has 1 aromatic rings. The third-order valence-corrected chi connectivity index (χ3v) is 2.70. The maximum atomic E-state index is 4.11. The van der Waals surface area contributed by atoms with Crippen LogP contribution in [0.2, 0.25) is 0 Å². The van der Waals surface area contributed by atoms with Crippen molar-refractivity contribution < 1.29 is 0 Å². The maximum Gasteiger partial charge on any atom is 0.0409 e. The van der Waals surface area contributed by atoms with Crippen molar-refractivity contribution in [1.29, 1.82) is 0 Å². The molecule has 0 nitrogen and oxygen atoms in total. The summed E-state index contributed by atoms with van der Waals surface area (Å²) in [4.78, 5) is 1.26. The Bertz CT molecular complexity index is 195. The number of hydrogen-bond acceptors (Lipinski definition) is 2. The predicted octanol–water partition coefficient (Wildman–Crippen LogP) is 3.43. The molecule has 0 unspecified atom stereocenters. The van der Waals surface area contributed by atoms with Gasteiger partial charge in [-0.05, 0) is 24.3 Å². The molecule has 3 heteroatoms. The van der Waals surface area contributed by atoms with Gasteiger partial charge in [0.1, 0.15) is 0 Å². The quantitative estimate of drug-likeness (QED) is 0.465. The highest BCUT2D eigenvalue weighted by Crippen LogP contribution is 2.20. The molecule has 0 aliphatic heterocycles. The van der Waals surface area contributed by atoms with Crippen LogP contribution >= 0.6 is 40.3 Å². The molecule has 0 fully saturated rings. The summed E-state index contributed by atoms with van der Waals surface area (Å²) in [6.45, 7) is 0. The van der Waals surface area contributed by atoms with Crippen molar-refractivity contribution in [1.82, 2.24) is 0 Å². The van der Waals surface area contributed by atoms with Gasteiger partial charge in [-0.15, -0.1) is 11.8 Å². The molecule has 0 aromatic heterocycles. The van der Waals surface area contributed by atoms with Gasteiger partial charge in [0.05, 0.1) is 0 Å². The first-order valence-electron chi connectivity index (χ1n) is 2.82. The van der Waals surface area contributed by atoms with Crippen molar-refractivity contribution in [2.75, 3.05) is 5.08 Å². The first-order valence-corrected chi connectivity index (χ1v) is 5.23. The Hall–Kier alpha value is 0.400. The molecule has 10 heavy (non-hydrogen) atoms. The smallest absolute Gasteiger partial charge is 0.0409 e. The number of thiol groups is 1. The molecule has 1 rings (SSSR count). The van der Waals surface area contributed by atoms with Crippen LogP contribution in [0.5, 0.6) is 0 Å². The lowest BCUT2D eigenvalue weighted by molar-refractivity contribution is 1.45. The van der Waals surface area contributed by atoms with Crippen LogP contribution < -0.4 is 0 Å². The van der Waals surface area contributed by atoms with E-state index in [1.165, 1.54) is 4.90 Å². The van der Waals surface area contributed by atoms with E-state index in [9.17, 15) is 0 Å². The number of rotatable bonds is 2. The standard InChI is InChI=1S/C7H7BrS2/c8-6-1-3-7(4-2-6)10-5-9/h1-4,9H,5H2. The van der Waals surface area contributed by atoms with Crippen molar-refractivity contribution in [3.05, 3.63) is 28.7 Å². The molecule has 0 saturated carbocycles. The van der Waals surface area contributed by atoms with E-state index in [-0.39, 0.29) is 0 Å². The summed E-state index contributed by atoms with van der Waals surface area (Å²) in [6.07, 6.45) is 0. The van der Waals surface area contributed by atoms with Gasteiger partial charge in [0.15, 0.2) is 0 Å². The number of halogens is 1. The number of benzene rings is 1. The van der Waals surface area contributed by atoms with E-state index in [1.807, 2.05) is 12.1 Å². The van der Waals surface area contributed by atoms with Gasteiger partial charge < -0.3 is 0 Å². The van der Waals surface area contributed by atoms with Gasteiger partial charge >= 0.3 is 0 Å². The van der Waals surface area contributed by atoms with Gasteiger partial charge in [-0.25, -0.2) is 0 Å². The molecule has 1 aromatic carbocycles.